The average Bonchev–Trinajstić information content (AvgIpc) is 2.78. The highest BCUT2D eigenvalue weighted by molar-refractivity contribution is 5.77. The average molecular weight is 459 g/mol. The topological polar surface area (TPSA) is 52.6 Å². The van der Waals surface area contributed by atoms with Gasteiger partial charge in [-0.05, 0) is 18.6 Å². The van der Waals surface area contributed by atoms with Crippen molar-refractivity contribution in [2.24, 2.45) is 0 Å². The van der Waals surface area contributed by atoms with E-state index >= 15 is 0 Å². The van der Waals surface area contributed by atoms with Gasteiger partial charge in [-0.25, -0.2) is 13.2 Å². The summed E-state index contributed by atoms with van der Waals surface area (Å²) in [4.78, 5) is 23.3. The molecule has 182 valence electrons. The molecule has 0 aliphatic carbocycles. The van der Waals surface area contributed by atoms with Crippen molar-refractivity contribution in [3.05, 3.63) is 35.1 Å². The van der Waals surface area contributed by atoms with Crippen LogP contribution in [0.4, 0.5) is 13.2 Å². The first-order valence-corrected chi connectivity index (χ1v) is 11.9. The molecule has 0 atom stereocenters. The summed E-state index contributed by atoms with van der Waals surface area (Å²) >= 11 is 0. The minimum Gasteiger partial charge on any atom is -0.466 e. The fraction of sp³-hybridized carbons (Fsp3) is 0.680. The number of unbranched alkanes of at least 4 members (excludes halogenated alkanes) is 11. The monoisotopic (exact) mass is 458 g/mol. The molecule has 0 aliphatic rings. The number of benzene rings is 1. The van der Waals surface area contributed by atoms with E-state index in [9.17, 15) is 22.8 Å². The van der Waals surface area contributed by atoms with Crippen molar-refractivity contribution in [1.82, 2.24) is 0 Å². The van der Waals surface area contributed by atoms with E-state index in [1.165, 1.54) is 57.8 Å². The largest absolute Gasteiger partial charge is 0.466 e. The van der Waals surface area contributed by atoms with Crippen LogP contribution >= 0.6 is 0 Å². The maximum absolute atomic E-state index is 13.5. The van der Waals surface area contributed by atoms with E-state index in [1.807, 2.05) is 0 Å². The fourth-order valence-corrected chi connectivity index (χ4v) is 3.33. The molecule has 0 radical (unpaired) electrons. The summed E-state index contributed by atoms with van der Waals surface area (Å²) in [7, 11) is 0. The molecule has 0 fully saturated rings. The second kappa shape index (κ2) is 17.5. The second-order valence-electron chi connectivity index (χ2n) is 8.09. The molecule has 0 aliphatic heterocycles. The van der Waals surface area contributed by atoms with Gasteiger partial charge in [0.05, 0.1) is 25.0 Å². The smallest absolute Gasteiger partial charge is 0.306 e. The third-order valence-corrected chi connectivity index (χ3v) is 5.31. The van der Waals surface area contributed by atoms with Crippen molar-refractivity contribution in [2.45, 2.75) is 103 Å². The molecule has 1 aromatic carbocycles. The van der Waals surface area contributed by atoms with Crippen LogP contribution in [0.2, 0.25) is 0 Å². The van der Waals surface area contributed by atoms with Gasteiger partial charge in [-0.1, -0.05) is 77.6 Å². The lowest BCUT2D eigenvalue weighted by atomic mass is 10.1. The highest BCUT2D eigenvalue weighted by atomic mass is 19.2. The molecular formula is C25H37F3O4. The molecule has 0 aromatic heterocycles. The molecule has 0 heterocycles. The van der Waals surface area contributed by atoms with Gasteiger partial charge in [-0.15, -0.1) is 0 Å². The summed E-state index contributed by atoms with van der Waals surface area (Å²) in [6, 6.07) is 1.41. The molecular weight excluding hydrogens is 421 g/mol. The number of halogens is 3. The molecule has 0 spiro atoms. The first kappa shape index (κ1) is 28.0. The lowest BCUT2D eigenvalue weighted by Gasteiger charge is -2.08. The molecule has 1 rings (SSSR count). The van der Waals surface area contributed by atoms with Crippen LogP contribution in [-0.4, -0.2) is 18.5 Å². The first-order valence-electron chi connectivity index (χ1n) is 11.9. The standard InChI is InChI=1S/C25H37F3O4/c1-2-3-4-5-6-7-8-9-10-11-12-13-18-31-23(29)16-17-24(30)32-19-20-21(26)14-15-22(27)25(20)28/h14-15H,2-13,16-19H2,1H3. The van der Waals surface area contributed by atoms with Crippen LogP contribution in [0.1, 0.15) is 102 Å². The van der Waals surface area contributed by atoms with Gasteiger partial charge in [0.1, 0.15) is 12.4 Å². The van der Waals surface area contributed by atoms with Gasteiger partial charge in [0.15, 0.2) is 11.6 Å². The van der Waals surface area contributed by atoms with E-state index in [2.05, 4.69) is 6.92 Å². The lowest BCUT2D eigenvalue weighted by molar-refractivity contribution is -0.151. The Morgan fingerprint density at radius 3 is 1.72 bits per heavy atom. The Labute approximate surface area is 189 Å². The van der Waals surface area contributed by atoms with Crippen LogP contribution in [0.3, 0.4) is 0 Å². The summed E-state index contributed by atoms with van der Waals surface area (Å²) in [5.74, 6) is -4.94. The van der Waals surface area contributed by atoms with E-state index in [0.717, 1.165) is 25.3 Å². The van der Waals surface area contributed by atoms with Gasteiger partial charge in [0.25, 0.3) is 0 Å². The second-order valence-corrected chi connectivity index (χ2v) is 8.09. The Hall–Kier alpha value is -2.05. The zero-order valence-corrected chi connectivity index (χ0v) is 19.2. The van der Waals surface area contributed by atoms with Crippen LogP contribution < -0.4 is 0 Å². The summed E-state index contributed by atoms with van der Waals surface area (Å²) in [5, 5.41) is 0. The predicted molar refractivity (Wildman–Crippen MR) is 117 cm³/mol. The number of hydrogen-bond acceptors (Lipinski definition) is 4. The Morgan fingerprint density at radius 2 is 1.16 bits per heavy atom. The van der Waals surface area contributed by atoms with Gasteiger partial charge >= 0.3 is 11.9 Å². The number of hydrogen-bond donors (Lipinski definition) is 0. The van der Waals surface area contributed by atoms with E-state index in [1.54, 1.807) is 0 Å². The lowest BCUT2D eigenvalue weighted by Crippen LogP contribution is -2.12. The van der Waals surface area contributed by atoms with Crippen LogP contribution in [0, 0.1) is 17.5 Å². The van der Waals surface area contributed by atoms with Gasteiger partial charge in [0, 0.05) is 0 Å². The maximum Gasteiger partial charge on any atom is 0.306 e. The van der Waals surface area contributed by atoms with Gasteiger partial charge in [-0.2, -0.15) is 0 Å². The first-order chi connectivity index (χ1) is 15.5. The minimum atomic E-state index is -1.39. The molecule has 0 unspecified atom stereocenters. The Kier molecular flexibility index (Phi) is 15.3. The molecule has 0 saturated heterocycles. The number of esters is 2. The van der Waals surface area contributed by atoms with Gasteiger partial charge < -0.3 is 9.47 Å². The molecule has 32 heavy (non-hydrogen) atoms. The van der Waals surface area contributed by atoms with Crippen molar-refractivity contribution in [2.75, 3.05) is 6.61 Å². The zero-order valence-electron chi connectivity index (χ0n) is 19.2. The van der Waals surface area contributed by atoms with Gasteiger partial charge in [-0.3, -0.25) is 9.59 Å². The normalized spacial score (nSPS) is 10.9. The predicted octanol–water partition coefficient (Wildman–Crippen LogP) is 7.17. The highest BCUT2D eigenvalue weighted by Gasteiger charge is 2.16. The van der Waals surface area contributed by atoms with Crippen LogP contribution in [0.15, 0.2) is 12.1 Å². The minimum absolute atomic E-state index is 0.175. The third-order valence-electron chi connectivity index (χ3n) is 5.31. The summed E-state index contributed by atoms with van der Waals surface area (Å²) in [5.41, 5.74) is -0.659. The van der Waals surface area contributed by atoms with Crippen molar-refractivity contribution in [3.63, 3.8) is 0 Å². The zero-order chi connectivity index (χ0) is 23.6. The number of rotatable bonds is 18. The fourth-order valence-electron chi connectivity index (χ4n) is 3.33. The summed E-state index contributed by atoms with van der Waals surface area (Å²) < 4.78 is 49.9. The van der Waals surface area contributed by atoms with Crippen molar-refractivity contribution in [3.8, 4) is 0 Å². The van der Waals surface area contributed by atoms with Crippen molar-refractivity contribution in [1.29, 1.82) is 0 Å². The summed E-state index contributed by atoms with van der Waals surface area (Å²) in [6.45, 7) is 1.80. The van der Waals surface area contributed by atoms with Gasteiger partial charge in [0.2, 0.25) is 0 Å². The molecule has 0 bridgehead atoms. The molecule has 0 N–H and O–H groups in total. The molecule has 1 aromatic rings. The van der Waals surface area contributed by atoms with E-state index in [0.29, 0.717) is 12.7 Å². The Balaban J connectivity index is 1.98. The Bertz CT molecular complexity index is 679. The van der Waals surface area contributed by atoms with Crippen LogP contribution in [0.5, 0.6) is 0 Å². The van der Waals surface area contributed by atoms with Crippen molar-refractivity contribution < 1.29 is 32.2 Å². The van der Waals surface area contributed by atoms with E-state index < -0.39 is 41.6 Å². The number of carbonyl (C=O) groups is 2. The van der Waals surface area contributed by atoms with E-state index in [4.69, 9.17) is 9.47 Å². The quantitative estimate of drug-likeness (QED) is 0.133. The SMILES string of the molecule is CCCCCCCCCCCCCCOC(=O)CCC(=O)OCc1c(F)ccc(F)c1F. The maximum atomic E-state index is 13.5. The third kappa shape index (κ3) is 12.7. The van der Waals surface area contributed by atoms with E-state index in [-0.39, 0.29) is 12.8 Å². The molecule has 0 amide bonds. The van der Waals surface area contributed by atoms with Crippen LogP contribution in [0.25, 0.3) is 0 Å². The molecule has 0 saturated carbocycles. The van der Waals surface area contributed by atoms with Crippen molar-refractivity contribution >= 4 is 11.9 Å². The Morgan fingerprint density at radius 1 is 0.688 bits per heavy atom. The number of ether oxygens (including phenoxy) is 2. The molecule has 4 nitrogen and oxygen atoms in total. The number of carbonyl (C=O) groups excluding carboxylic acids is 2. The highest BCUT2D eigenvalue weighted by Crippen LogP contribution is 2.17. The summed E-state index contributed by atoms with van der Waals surface area (Å²) in [6.07, 6.45) is 14.2. The van der Waals surface area contributed by atoms with Crippen LogP contribution in [-0.2, 0) is 25.7 Å². The molecule has 7 heteroatoms.